The van der Waals surface area contributed by atoms with Gasteiger partial charge >= 0.3 is 0 Å². The number of hydrogen-bond acceptors (Lipinski definition) is 7. The molecule has 0 amide bonds. The minimum absolute atomic E-state index is 0. The van der Waals surface area contributed by atoms with Gasteiger partial charge in [0.15, 0.2) is 0 Å². The average Bonchev–Trinajstić information content (AvgIpc) is 3.28. The molecule has 1 N–H and O–H groups in total. The Morgan fingerprint density at radius 3 is 2.54 bits per heavy atom. The fraction of sp³-hybridized carbons (Fsp3) is 0.440. The summed E-state index contributed by atoms with van der Waals surface area (Å²) in [5, 5.41) is 7.55. The molecular weight excluding hydrogens is 452 g/mol. The van der Waals surface area contributed by atoms with Gasteiger partial charge in [-0.05, 0) is 49.9 Å². The number of piperazine rings is 1. The van der Waals surface area contributed by atoms with E-state index in [1.807, 2.05) is 6.07 Å². The lowest BCUT2D eigenvalue weighted by molar-refractivity contribution is 0.00681. The number of aryl methyl sites for hydroxylation is 1. The van der Waals surface area contributed by atoms with Crippen LogP contribution in [0.25, 0.3) is 5.69 Å². The normalized spacial score (nSPS) is 19.8. The Hall–Kier alpha value is -3.08. The second kappa shape index (κ2) is 10.3. The van der Waals surface area contributed by atoms with Gasteiger partial charge < -0.3 is 19.9 Å². The van der Waals surface area contributed by atoms with Crippen molar-refractivity contribution in [3.05, 3.63) is 59.9 Å². The van der Waals surface area contributed by atoms with Crippen molar-refractivity contribution in [2.45, 2.75) is 13.0 Å². The van der Waals surface area contributed by atoms with Crippen molar-refractivity contribution in [2.24, 2.45) is 0 Å². The van der Waals surface area contributed by atoms with Crippen molar-refractivity contribution in [1.29, 1.82) is 0 Å². The van der Waals surface area contributed by atoms with Gasteiger partial charge in [-0.15, -0.1) is 5.10 Å². The summed E-state index contributed by atoms with van der Waals surface area (Å²) in [4.78, 5) is 11.5. The number of likely N-dealkylation sites (N-methyl/N-ethyl adjacent to an activating group) is 1. The molecule has 1 unspecified atom stereocenters. The number of anilines is 3. The molecule has 5 rings (SSSR count). The molecule has 8 nitrogen and oxygen atoms in total. The van der Waals surface area contributed by atoms with E-state index in [0.29, 0.717) is 12.6 Å². The molecule has 2 aliphatic rings. The van der Waals surface area contributed by atoms with Gasteiger partial charge in [0, 0.05) is 64.7 Å². The van der Waals surface area contributed by atoms with Crippen LogP contribution in [0.1, 0.15) is 6.99 Å². The van der Waals surface area contributed by atoms with E-state index in [9.17, 15) is 8.78 Å². The summed E-state index contributed by atoms with van der Waals surface area (Å²) in [7, 11) is 2.17. The number of benzene rings is 2. The van der Waals surface area contributed by atoms with Crippen molar-refractivity contribution >= 4 is 17.3 Å². The molecule has 0 spiro atoms. The maximum Gasteiger partial charge on any atom is 0.246 e. The van der Waals surface area contributed by atoms with Crippen molar-refractivity contribution in [2.75, 3.05) is 69.7 Å². The molecule has 0 aliphatic carbocycles. The zero-order chi connectivity index (χ0) is 24.4. The lowest BCUT2D eigenvalue weighted by Crippen LogP contribution is -2.52. The zero-order valence-electron chi connectivity index (χ0n) is 20.1. The summed E-state index contributed by atoms with van der Waals surface area (Å²) in [6.07, 6.45) is 1.60. The topological polar surface area (TPSA) is 61.7 Å². The number of morpholine rings is 1. The molecule has 2 aromatic carbocycles. The van der Waals surface area contributed by atoms with Crippen LogP contribution in [-0.2, 0) is 4.74 Å². The molecule has 0 bridgehead atoms. The highest BCUT2D eigenvalue weighted by Gasteiger charge is 2.25. The fourth-order valence-corrected chi connectivity index (χ4v) is 4.65. The molecule has 3 aromatic rings. The van der Waals surface area contributed by atoms with Crippen molar-refractivity contribution in [3.8, 4) is 5.69 Å². The van der Waals surface area contributed by atoms with E-state index in [0.717, 1.165) is 68.8 Å². The predicted octanol–water partition coefficient (Wildman–Crippen LogP) is 3.30. The highest BCUT2D eigenvalue weighted by atomic mass is 19.1. The van der Waals surface area contributed by atoms with Crippen LogP contribution in [0, 0.1) is 18.6 Å². The Bertz CT molecular complexity index is 1150. The maximum atomic E-state index is 13.6. The first kappa shape index (κ1) is 23.7. The number of hydrogen-bond donors (Lipinski definition) is 1. The van der Waals surface area contributed by atoms with Crippen LogP contribution in [0.2, 0.25) is 0 Å². The van der Waals surface area contributed by atoms with Gasteiger partial charge in [0.1, 0.15) is 18.0 Å². The quantitative estimate of drug-likeness (QED) is 0.575. The first-order valence-corrected chi connectivity index (χ1v) is 12.0. The van der Waals surface area contributed by atoms with Gasteiger partial charge in [0.2, 0.25) is 5.95 Å². The number of nitrogens with one attached hydrogen (secondary N) is 1. The van der Waals surface area contributed by atoms with Crippen LogP contribution in [0.5, 0.6) is 0 Å². The van der Waals surface area contributed by atoms with E-state index in [1.165, 1.54) is 23.1 Å². The Kier molecular flexibility index (Phi) is 6.94. The standard InChI is InChI=1S/C25H31F2N7O.H2/c1-18-9-21(29-25-28-17-34(30-25)23-12-19(26)11-20(27)13-23)14-22(10-18)33-7-8-35-24(16-33)15-32-5-3-31(2)4-6-32;/h9-14,17,24H,3-8,15-16H2,1-2H3,(H,29,30);1H. The Morgan fingerprint density at radius 2 is 1.77 bits per heavy atom. The van der Waals surface area contributed by atoms with Gasteiger partial charge in [-0.3, -0.25) is 4.90 Å². The lowest BCUT2D eigenvalue weighted by atomic mass is 10.1. The molecule has 0 saturated carbocycles. The zero-order valence-corrected chi connectivity index (χ0v) is 20.1. The third kappa shape index (κ3) is 5.95. The summed E-state index contributed by atoms with van der Waals surface area (Å²) < 4.78 is 34.6. The van der Waals surface area contributed by atoms with Crippen molar-refractivity contribution in [1.82, 2.24) is 24.6 Å². The first-order valence-electron chi connectivity index (χ1n) is 12.0. The molecule has 2 aliphatic heterocycles. The van der Waals surface area contributed by atoms with Crippen molar-refractivity contribution < 1.29 is 14.9 Å². The number of halogens is 2. The molecule has 1 aromatic heterocycles. The van der Waals surface area contributed by atoms with Crippen LogP contribution < -0.4 is 10.2 Å². The van der Waals surface area contributed by atoms with E-state index in [1.54, 1.807) is 0 Å². The third-order valence-electron chi connectivity index (χ3n) is 6.48. The van der Waals surface area contributed by atoms with Crippen LogP contribution >= 0.6 is 0 Å². The van der Waals surface area contributed by atoms with Gasteiger partial charge in [-0.1, -0.05) is 0 Å². The summed E-state index contributed by atoms with van der Waals surface area (Å²) in [5.41, 5.74) is 3.35. The lowest BCUT2D eigenvalue weighted by Gasteiger charge is -2.39. The Balaban J connectivity index is 0.00000304. The summed E-state index contributed by atoms with van der Waals surface area (Å²) in [6.45, 7) is 9.73. The maximum absolute atomic E-state index is 13.6. The fourth-order valence-electron chi connectivity index (χ4n) is 4.65. The highest BCUT2D eigenvalue weighted by molar-refractivity contribution is 5.64. The minimum atomic E-state index is -0.662. The number of aromatic nitrogens is 3. The molecule has 1 atom stereocenters. The number of ether oxygens (including phenoxy) is 1. The highest BCUT2D eigenvalue weighted by Crippen LogP contribution is 2.26. The van der Waals surface area contributed by atoms with Gasteiger partial charge in [0.05, 0.1) is 18.4 Å². The first-order chi connectivity index (χ1) is 16.9. The SMILES string of the molecule is Cc1cc(Nc2ncn(-c3cc(F)cc(F)c3)n2)cc(N2CCOC(CN3CCN(C)CC3)C2)c1.[HH]. The molecule has 2 saturated heterocycles. The minimum Gasteiger partial charge on any atom is -0.373 e. The Labute approximate surface area is 205 Å². The van der Waals surface area contributed by atoms with Gasteiger partial charge in [0.25, 0.3) is 0 Å². The molecule has 188 valence electrons. The molecule has 0 radical (unpaired) electrons. The van der Waals surface area contributed by atoms with Gasteiger partial charge in [-0.2, -0.15) is 4.98 Å². The van der Waals surface area contributed by atoms with Gasteiger partial charge in [-0.25, -0.2) is 13.5 Å². The molecule has 2 fully saturated rings. The largest absolute Gasteiger partial charge is 0.373 e. The number of rotatable bonds is 6. The van der Waals surface area contributed by atoms with Crippen LogP contribution in [0.4, 0.5) is 26.1 Å². The van der Waals surface area contributed by atoms with E-state index < -0.39 is 11.6 Å². The van der Waals surface area contributed by atoms with E-state index >= 15 is 0 Å². The van der Waals surface area contributed by atoms with E-state index in [2.05, 4.69) is 56.2 Å². The molecule has 10 heteroatoms. The molecular formula is C25H33F2N7O. The summed E-state index contributed by atoms with van der Waals surface area (Å²) in [5.74, 6) is -0.976. The molecule has 35 heavy (non-hydrogen) atoms. The van der Waals surface area contributed by atoms with Crippen molar-refractivity contribution in [3.63, 3.8) is 0 Å². The average molecular weight is 486 g/mol. The predicted molar refractivity (Wildman–Crippen MR) is 134 cm³/mol. The number of nitrogens with zero attached hydrogens (tertiary/aromatic N) is 6. The summed E-state index contributed by atoms with van der Waals surface area (Å²) >= 11 is 0. The van der Waals surface area contributed by atoms with Crippen LogP contribution in [-0.4, -0.2) is 90.1 Å². The van der Waals surface area contributed by atoms with Crippen LogP contribution in [0.3, 0.4) is 0 Å². The second-order valence-corrected chi connectivity index (χ2v) is 9.37. The Morgan fingerprint density at radius 1 is 1.00 bits per heavy atom. The van der Waals surface area contributed by atoms with E-state index in [-0.39, 0.29) is 13.2 Å². The monoisotopic (exact) mass is 485 g/mol. The smallest absolute Gasteiger partial charge is 0.246 e. The third-order valence-corrected chi connectivity index (χ3v) is 6.48. The second-order valence-electron chi connectivity index (χ2n) is 9.37. The van der Waals surface area contributed by atoms with E-state index in [4.69, 9.17) is 4.74 Å². The molecule has 3 heterocycles. The van der Waals surface area contributed by atoms with Crippen LogP contribution in [0.15, 0.2) is 42.7 Å². The summed E-state index contributed by atoms with van der Waals surface area (Å²) in [6, 6.07) is 9.52.